The second kappa shape index (κ2) is 5.31. The van der Waals surface area contributed by atoms with Gasteiger partial charge in [0.25, 0.3) is 5.91 Å². The second-order valence-electron chi connectivity index (χ2n) is 3.36. The van der Waals surface area contributed by atoms with Crippen molar-refractivity contribution in [3.8, 4) is 0 Å². The molecule has 9 heteroatoms. The molecule has 2 aromatic rings. The molecule has 2 N–H and O–H groups in total. The van der Waals surface area contributed by atoms with E-state index in [1.807, 2.05) is 0 Å². The van der Waals surface area contributed by atoms with Gasteiger partial charge in [-0.15, -0.1) is 0 Å². The Bertz CT molecular complexity index is 553. The molecule has 1 aromatic carbocycles. The zero-order valence-corrected chi connectivity index (χ0v) is 10.0. The van der Waals surface area contributed by atoms with E-state index in [9.17, 15) is 18.0 Å². The molecule has 0 atom stereocenters. The molecule has 2 rings (SSSR count). The van der Waals surface area contributed by atoms with Crippen molar-refractivity contribution in [1.29, 1.82) is 0 Å². The number of halogens is 3. The van der Waals surface area contributed by atoms with Gasteiger partial charge in [-0.2, -0.15) is 23.3 Å². The minimum Gasteiger partial charge on any atom is -0.291 e. The van der Waals surface area contributed by atoms with Gasteiger partial charge in [-0.05, 0) is 36.0 Å². The molecule has 0 saturated carbocycles. The van der Waals surface area contributed by atoms with Crippen molar-refractivity contribution in [1.82, 2.24) is 15.2 Å². The predicted molar refractivity (Wildman–Crippen MR) is 62.7 cm³/mol. The summed E-state index contributed by atoms with van der Waals surface area (Å²) in [5.74, 6) is -0.320. The maximum absolute atomic E-state index is 12.1. The Labute approximate surface area is 109 Å². The largest absolute Gasteiger partial charge is 0.446 e. The van der Waals surface area contributed by atoms with Gasteiger partial charge in [0.15, 0.2) is 0 Å². The number of nitrogens with one attached hydrogen (secondary N) is 2. The highest BCUT2D eigenvalue weighted by Gasteiger charge is 2.29. The van der Waals surface area contributed by atoms with E-state index < -0.39 is 11.4 Å². The molecule has 0 fully saturated rings. The monoisotopic (exact) mass is 288 g/mol. The van der Waals surface area contributed by atoms with Gasteiger partial charge < -0.3 is 0 Å². The SMILES string of the molecule is O=C(Nc1ncn[nH]1)c1ccc(SC(F)(F)F)cc1. The minimum absolute atomic E-state index is 0.0173. The normalized spacial score (nSPS) is 11.3. The molecule has 1 aromatic heterocycles. The lowest BCUT2D eigenvalue weighted by Crippen LogP contribution is -2.12. The number of amides is 1. The van der Waals surface area contributed by atoms with E-state index in [0.717, 1.165) is 0 Å². The smallest absolute Gasteiger partial charge is 0.291 e. The summed E-state index contributed by atoms with van der Waals surface area (Å²) in [5, 5.41) is 8.39. The average Bonchev–Trinajstić information content (AvgIpc) is 2.80. The fourth-order valence-electron chi connectivity index (χ4n) is 1.25. The van der Waals surface area contributed by atoms with Gasteiger partial charge in [-0.1, -0.05) is 0 Å². The zero-order valence-electron chi connectivity index (χ0n) is 9.23. The van der Waals surface area contributed by atoms with Gasteiger partial charge in [0.05, 0.1) is 0 Å². The molecule has 100 valence electrons. The van der Waals surface area contributed by atoms with E-state index >= 15 is 0 Å². The van der Waals surface area contributed by atoms with Crippen LogP contribution in [-0.4, -0.2) is 26.6 Å². The summed E-state index contributed by atoms with van der Waals surface area (Å²) in [4.78, 5) is 15.4. The second-order valence-corrected chi connectivity index (χ2v) is 4.50. The molecule has 1 amide bonds. The molecule has 5 nitrogen and oxygen atoms in total. The molecule has 0 aliphatic heterocycles. The zero-order chi connectivity index (χ0) is 13.9. The number of aromatic nitrogens is 3. The fourth-order valence-corrected chi connectivity index (χ4v) is 1.79. The number of carbonyl (C=O) groups is 1. The van der Waals surface area contributed by atoms with E-state index in [4.69, 9.17) is 0 Å². The van der Waals surface area contributed by atoms with Crippen molar-refractivity contribution in [2.45, 2.75) is 10.4 Å². The minimum atomic E-state index is -4.34. The Morgan fingerprint density at radius 2 is 1.95 bits per heavy atom. The summed E-state index contributed by atoms with van der Waals surface area (Å²) in [6.45, 7) is 0. The molecule has 0 saturated heterocycles. The Morgan fingerprint density at radius 1 is 1.26 bits per heavy atom. The number of thioether (sulfide) groups is 1. The highest BCUT2D eigenvalue weighted by Crippen LogP contribution is 2.36. The van der Waals surface area contributed by atoms with Crippen LogP contribution in [0.1, 0.15) is 10.4 Å². The van der Waals surface area contributed by atoms with Crippen LogP contribution < -0.4 is 5.32 Å². The first-order chi connectivity index (χ1) is 8.94. The van der Waals surface area contributed by atoms with Crippen LogP contribution in [0.15, 0.2) is 35.5 Å². The van der Waals surface area contributed by atoms with Gasteiger partial charge in [-0.25, -0.2) is 5.10 Å². The van der Waals surface area contributed by atoms with Gasteiger partial charge in [0, 0.05) is 10.5 Å². The van der Waals surface area contributed by atoms with E-state index in [1.54, 1.807) is 0 Å². The molecule has 0 unspecified atom stereocenters. The lowest BCUT2D eigenvalue weighted by atomic mass is 10.2. The van der Waals surface area contributed by atoms with Gasteiger partial charge in [0.1, 0.15) is 6.33 Å². The predicted octanol–water partition coefficient (Wildman–Crippen LogP) is 2.67. The Kier molecular flexibility index (Phi) is 3.74. The third kappa shape index (κ3) is 3.98. The molecular weight excluding hydrogens is 281 g/mol. The lowest BCUT2D eigenvalue weighted by molar-refractivity contribution is -0.0328. The Balaban J connectivity index is 2.04. The number of benzene rings is 1. The lowest BCUT2D eigenvalue weighted by Gasteiger charge is -2.06. The number of nitrogens with zero attached hydrogens (tertiary/aromatic N) is 2. The summed E-state index contributed by atoms with van der Waals surface area (Å²) >= 11 is -0.234. The number of hydrogen-bond donors (Lipinski definition) is 2. The highest BCUT2D eigenvalue weighted by atomic mass is 32.2. The van der Waals surface area contributed by atoms with Crippen LogP contribution in [0.2, 0.25) is 0 Å². The standard InChI is InChI=1S/C10H7F3N4OS/c11-10(12,13)19-7-3-1-6(2-4-7)8(18)16-9-14-5-15-17-9/h1-5H,(H2,14,15,16,17,18). The van der Waals surface area contributed by atoms with Crippen LogP contribution in [-0.2, 0) is 0 Å². The van der Waals surface area contributed by atoms with Crippen LogP contribution >= 0.6 is 11.8 Å². The molecule has 0 bridgehead atoms. The fraction of sp³-hybridized carbons (Fsp3) is 0.100. The summed E-state index contributed by atoms with van der Waals surface area (Å²) in [5.41, 5.74) is -4.12. The molecule has 0 radical (unpaired) electrons. The first-order valence-electron chi connectivity index (χ1n) is 4.96. The third-order valence-corrected chi connectivity index (χ3v) is 2.74. The molecule has 0 aliphatic carbocycles. The number of hydrogen-bond acceptors (Lipinski definition) is 4. The van der Waals surface area contributed by atoms with E-state index in [-0.39, 0.29) is 28.2 Å². The van der Waals surface area contributed by atoms with Crippen molar-refractivity contribution in [3.63, 3.8) is 0 Å². The molecule has 0 aliphatic rings. The molecular formula is C10H7F3N4OS. The van der Waals surface area contributed by atoms with Crippen LogP contribution in [0, 0.1) is 0 Å². The van der Waals surface area contributed by atoms with Gasteiger partial charge >= 0.3 is 5.51 Å². The number of aromatic amines is 1. The van der Waals surface area contributed by atoms with E-state index in [1.165, 1.54) is 30.6 Å². The first-order valence-corrected chi connectivity index (χ1v) is 5.78. The van der Waals surface area contributed by atoms with Crippen LogP contribution in [0.5, 0.6) is 0 Å². The molecule has 0 spiro atoms. The van der Waals surface area contributed by atoms with E-state index in [2.05, 4.69) is 20.5 Å². The summed E-state index contributed by atoms with van der Waals surface area (Å²) < 4.78 is 36.4. The average molecular weight is 288 g/mol. The van der Waals surface area contributed by atoms with Crippen LogP contribution in [0.3, 0.4) is 0 Å². The first kappa shape index (κ1) is 13.4. The number of carbonyl (C=O) groups excluding carboxylic acids is 1. The Morgan fingerprint density at radius 3 is 2.47 bits per heavy atom. The summed E-state index contributed by atoms with van der Waals surface area (Å²) in [7, 11) is 0. The molecule has 19 heavy (non-hydrogen) atoms. The summed E-state index contributed by atoms with van der Waals surface area (Å²) in [6.07, 6.45) is 1.22. The number of rotatable bonds is 3. The number of anilines is 1. The Hall–Kier alpha value is -2.03. The van der Waals surface area contributed by atoms with Crippen molar-refractivity contribution < 1.29 is 18.0 Å². The third-order valence-electron chi connectivity index (χ3n) is 2.00. The molecule has 1 heterocycles. The topological polar surface area (TPSA) is 70.7 Å². The maximum atomic E-state index is 12.1. The number of alkyl halides is 3. The highest BCUT2D eigenvalue weighted by molar-refractivity contribution is 8.00. The summed E-state index contributed by atoms with van der Waals surface area (Å²) in [6, 6.07) is 5.07. The van der Waals surface area contributed by atoms with E-state index in [0.29, 0.717) is 0 Å². The van der Waals surface area contributed by atoms with Crippen molar-refractivity contribution >= 4 is 23.6 Å². The van der Waals surface area contributed by atoms with Gasteiger partial charge in [-0.3, -0.25) is 10.1 Å². The van der Waals surface area contributed by atoms with Crippen molar-refractivity contribution in [2.24, 2.45) is 0 Å². The van der Waals surface area contributed by atoms with Gasteiger partial charge in [0.2, 0.25) is 5.95 Å². The van der Waals surface area contributed by atoms with Crippen molar-refractivity contribution in [2.75, 3.05) is 5.32 Å². The van der Waals surface area contributed by atoms with Crippen LogP contribution in [0.4, 0.5) is 19.1 Å². The number of H-pyrrole nitrogens is 1. The maximum Gasteiger partial charge on any atom is 0.446 e. The van der Waals surface area contributed by atoms with Crippen LogP contribution in [0.25, 0.3) is 0 Å². The quantitative estimate of drug-likeness (QED) is 0.852. The van der Waals surface area contributed by atoms with Crippen molar-refractivity contribution in [3.05, 3.63) is 36.2 Å².